The number of hydrogen-bond donors (Lipinski definition) is 2. The Bertz CT molecular complexity index is 1240. The zero-order valence-electron chi connectivity index (χ0n) is 18.2. The van der Waals surface area contributed by atoms with Gasteiger partial charge < -0.3 is 15.8 Å². The molecule has 5 rings (SSSR count). The third-order valence-corrected chi connectivity index (χ3v) is 7.28. The largest absolute Gasteiger partial charge is 0.496 e. The lowest BCUT2D eigenvalue weighted by Crippen LogP contribution is -2.56. The van der Waals surface area contributed by atoms with Crippen LogP contribution in [0.2, 0.25) is 10.0 Å². The van der Waals surface area contributed by atoms with Crippen LogP contribution >= 0.6 is 23.2 Å². The standard InChI is InChI=1S/C25H24Cl2N4O2/c1-33-20-9-15(5-6-16(20)11-31-13-25(14-31)10-21(32)30-12-25)24-23(27)18(7-8-29-24)17-3-2-4-19(28)22(17)26/h2-9H,10-14,28H2,1H3,(H,30,32). The first kappa shape index (κ1) is 22.0. The number of halogens is 2. The van der Waals surface area contributed by atoms with Crippen LogP contribution in [0.4, 0.5) is 5.69 Å². The van der Waals surface area contributed by atoms with Crippen LogP contribution in [-0.4, -0.2) is 42.5 Å². The van der Waals surface area contributed by atoms with Crippen molar-refractivity contribution in [2.75, 3.05) is 32.5 Å². The highest BCUT2D eigenvalue weighted by Crippen LogP contribution is 2.41. The summed E-state index contributed by atoms with van der Waals surface area (Å²) in [5.74, 6) is 0.932. The Balaban J connectivity index is 1.40. The first-order chi connectivity index (χ1) is 15.9. The monoisotopic (exact) mass is 482 g/mol. The van der Waals surface area contributed by atoms with Crippen LogP contribution in [-0.2, 0) is 11.3 Å². The normalized spacial score (nSPS) is 17.1. The van der Waals surface area contributed by atoms with Crippen molar-refractivity contribution >= 4 is 34.8 Å². The Hall–Kier alpha value is -2.80. The molecule has 0 radical (unpaired) electrons. The first-order valence-corrected chi connectivity index (χ1v) is 11.5. The van der Waals surface area contributed by atoms with Crippen LogP contribution in [0.15, 0.2) is 48.7 Å². The van der Waals surface area contributed by atoms with Crippen molar-refractivity contribution in [3.8, 4) is 28.1 Å². The molecule has 0 saturated carbocycles. The van der Waals surface area contributed by atoms with E-state index in [0.717, 1.165) is 54.2 Å². The lowest BCUT2D eigenvalue weighted by atomic mass is 9.79. The minimum Gasteiger partial charge on any atom is -0.496 e. The highest BCUT2D eigenvalue weighted by Gasteiger charge is 2.47. The van der Waals surface area contributed by atoms with E-state index >= 15 is 0 Å². The van der Waals surface area contributed by atoms with Gasteiger partial charge in [-0.05, 0) is 18.2 Å². The number of nitrogens with two attached hydrogens (primary N) is 1. The second-order valence-corrected chi connectivity index (χ2v) is 9.61. The Morgan fingerprint density at radius 1 is 1.15 bits per heavy atom. The summed E-state index contributed by atoms with van der Waals surface area (Å²) in [6.07, 6.45) is 2.34. The molecule has 6 nitrogen and oxygen atoms in total. The molecular formula is C25H24Cl2N4O2. The number of amides is 1. The van der Waals surface area contributed by atoms with Gasteiger partial charge in [-0.25, -0.2) is 0 Å². The van der Waals surface area contributed by atoms with E-state index in [1.165, 1.54) is 0 Å². The summed E-state index contributed by atoms with van der Waals surface area (Å²) in [5.41, 5.74) is 10.7. The van der Waals surface area contributed by atoms with Crippen LogP contribution < -0.4 is 15.8 Å². The number of rotatable bonds is 5. The highest BCUT2D eigenvalue weighted by atomic mass is 35.5. The number of ether oxygens (including phenoxy) is 1. The van der Waals surface area contributed by atoms with Crippen LogP contribution in [0.5, 0.6) is 5.75 Å². The predicted molar refractivity (Wildman–Crippen MR) is 131 cm³/mol. The number of aromatic nitrogens is 1. The number of nitrogen functional groups attached to an aromatic ring is 1. The third-order valence-electron chi connectivity index (χ3n) is 6.48. The van der Waals surface area contributed by atoms with Gasteiger partial charge in [0, 0.05) is 66.5 Å². The minimum atomic E-state index is 0.101. The molecular weight excluding hydrogens is 459 g/mol. The SMILES string of the molecule is COc1cc(-c2nccc(-c3cccc(N)c3Cl)c2Cl)ccc1CN1CC2(CNC(=O)C2)C1. The quantitative estimate of drug-likeness (QED) is 0.517. The molecule has 170 valence electrons. The number of likely N-dealkylation sites (tertiary alicyclic amines) is 1. The topological polar surface area (TPSA) is 80.5 Å². The summed E-state index contributed by atoms with van der Waals surface area (Å²) in [7, 11) is 1.66. The fourth-order valence-corrected chi connectivity index (χ4v) is 5.41. The Morgan fingerprint density at radius 2 is 1.94 bits per heavy atom. The number of pyridine rings is 1. The molecule has 2 saturated heterocycles. The maximum Gasteiger partial charge on any atom is 0.220 e. The smallest absolute Gasteiger partial charge is 0.220 e. The van der Waals surface area contributed by atoms with Gasteiger partial charge in [0.05, 0.1) is 28.5 Å². The fourth-order valence-electron chi connectivity index (χ4n) is 4.86. The van der Waals surface area contributed by atoms with E-state index in [1.807, 2.05) is 30.3 Å². The van der Waals surface area contributed by atoms with Crippen molar-refractivity contribution in [3.05, 3.63) is 64.3 Å². The number of methoxy groups -OCH3 is 1. The van der Waals surface area contributed by atoms with Crippen LogP contribution in [0.3, 0.4) is 0 Å². The summed E-state index contributed by atoms with van der Waals surface area (Å²) in [4.78, 5) is 18.4. The number of hydrogen-bond acceptors (Lipinski definition) is 5. The summed E-state index contributed by atoms with van der Waals surface area (Å²) in [6.45, 7) is 3.36. The Labute approximate surface area is 202 Å². The van der Waals surface area contributed by atoms with Gasteiger partial charge in [-0.3, -0.25) is 14.7 Å². The van der Waals surface area contributed by atoms with E-state index in [0.29, 0.717) is 27.8 Å². The number of carbonyl (C=O) groups is 1. The van der Waals surface area contributed by atoms with E-state index in [2.05, 4.69) is 21.3 Å². The fraction of sp³-hybridized carbons (Fsp3) is 0.280. The van der Waals surface area contributed by atoms with Gasteiger partial charge in [-0.2, -0.15) is 0 Å². The van der Waals surface area contributed by atoms with Gasteiger partial charge in [0.25, 0.3) is 0 Å². The second kappa shape index (κ2) is 8.52. The molecule has 3 aromatic rings. The second-order valence-electron chi connectivity index (χ2n) is 8.86. The molecule has 1 spiro atoms. The number of benzene rings is 2. The van der Waals surface area contributed by atoms with Gasteiger partial charge in [0.1, 0.15) is 5.75 Å². The minimum absolute atomic E-state index is 0.101. The molecule has 2 aliphatic rings. The van der Waals surface area contributed by atoms with Crippen LogP contribution in [0, 0.1) is 5.41 Å². The average molecular weight is 483 g/mol. The molecule has 3 N–H and O–H groups in total. The van der Waals surface area contributed by atoms with E-state index in [-0.39, 0.29) is 11.3 Å². The zero-order valence-corrected chi connectivity index (χ0v) is 19.7. The highest BCUT2D eigenvalue weighted by molar-refractivity contribution is 6.39. The molecule has 2 fully saturated rings. The van der Waals surface area contributed by atoms with E-state index in [4.69, 9.17) is 33.7 Å². The number of nitrogens with zero attached hydrogens (tertiary/aromatic N) is 2. The van der Waals surface area contributed by atoms with Crippen LogP contribution in [0.1, 0.15) is 12.0 Å². The number of carbonyl (C=O) groups excluding carboxylic acids is 1. The zero-order chi connectivity index (χ0) is 23.2. The molecule has 0 aliphatic carbocycles. The summed E-state index contributed by atoms with van der Waals surface area (Å²) in [5, 5.41) is 3.92. The Kier molecular flexibility index (Phi) is 5.69. The lowest BCUT2D eigenvalue weighted by molar-refractivity contribution is -0.120. The number of anilines is 1. The van der Waals surface area contributed by atoms with Crippen molar-refractivity contribution in [1.29, 1.82) is 0 Å². The van der Waals surface area contributed by atoms with Gasteiger partial charge in [-0.15, -0.1) is 0 Å². The van der Waals surface area contributed by atoms with Crippen LogP contribution in [0.25, 0.3) is 22.4 Å². The van der Waals surface area contributed by atoms with Crippen molar-refractivity contribution in [2.24, 2.45) is 5.41 Å². The van der Waals surface area contributed by atoms with E-state index < -0.39 is 0 Å². The molecule has 8 heteroatoms. The van der Waals surface area contributed by atoms with E-state index in [9.17, 15) is 4.79 Å². The molecule has 1 amide bonds. The average Bonchev–Trinajstić information content (AvgIpc) is 3.18. The molecule has 2 aliphatic heterocycles. The molecule has 1 aromatic heterocycles. The molecule has 0 unspecified atom stereocenters. The maximum atomic E-state index is 11.6. The van der Waals surface area contributed by atoms with Gasteiger partial charge in [0.15, 0.2) is 0 Å². The predicted octanol–water partition coefficient (Wildman–Crippen LogP) is 4.64. The van der Waals surface area contributed by atoms with Crippen molar-refractivity contribution in [3.63, 3.8) is 0 Å². The molecule has 0 atom stereocenters. The van der Waals surface area contributed by atoms with Crippen molar-refractivity contribution < 1.29 is 9.53 Å². The number of nitrogens with one attached hydrogen (secondary N) is 1. The van der Waals surface area contributed by atoms with Gasteiger partial charge in [-0.1, -0.05) is 47.5 Å². The first-order valence-electron chi connectivity index (χ1n) is 10.7. The van der Waals surface area contributed by atoms with Gasteiger partial charge in [0.2, 0.25) is 5.91 Å². The summed E-state index contributed by atoms with van der Waals surface area (Å²) in [6, 6.07) is 13.3. The van der Waals surface area contributed by atoms with Crippen molar-refractivity contribution in [2.45, 2.75) is 13.0 Å². The van der Waals surface area contributed by atoms with Gasteiger partial charge >= 0.3 is 0 Å². The van der Waals surface area contributed by atoms with Crippen molar-refractivity contribution in [1.82, 2.24) is 15.2 Å². The van der Waals surface area contributed by atoms with E-state index in [1.54, 1.807) is 19.4 Å². The lowest BCUT2D eigenvalue weighted by Gasteiger charge is -2.47. The molecule has 0 bridgehead atoms. The third kappa shape index (κ3) is 4.03. The Morgan fingerprint density at radius 3 is 2.67 bits per heavy atom. The summed E-state index contributed by atoms with van der Waals surface area (Å²) < 4.78 is 5.70. The molecule has 2 aromatic carbocycles. The molecule has 33 heavy (non-hydrogen) atoms. The molecule has 3 heterocycles. The maximum absolute atomic E-state index is 11.6. The summed E-state index contributed by atoms with van der Waals surface area (Å²) >= 11 is 13.2.